The fraction of sp³-hybridized carbons (Fsp3) is 0.231. The standard InChI is InChI=1S/C26H25Cl2FN2O5/c1-14-20(5-7-22(24(14)29)36-13-26(2,3)34)31-23(32)12-35-21-6-4-16(27)11-19(21)25(33)15-8-17(28)10-18(30)9-15/h4-11,34H,12-13,30H2,1-3H3,(H,31,32). The molecule has 0 aliphatic heterocycles. The second-order valence-corrected chi connectivity index (χ2v) is 9.60. The van der Waals surface area contributed by atoms with E-state index in [1.165, 1.54) is 69.3 Å². The van der Waals surface area contributed by atoms with Gasteiger partial charge in [-0.1, -0.05) is 23.2 Å². The minimum Gasteiger partial charge on any atom is -0.488 e. The molecular weight excluding hydrogens is 510 g/mol. The molecule has 0 spiro atoms. The Morgan fingerprint density at radius 1 is 1.03 bits per heavy atom. The lowest BCUT2D eigenvalue weighted by Crippen LogP contribution is -2.28. The van der Waals surface area contributed by atoms with Crippen molar-refractivity contribution in [3.05, 3.63) is 81.1 Å². The Balaban J connectivity index is 1.72. The average molecular weight is 535 g/mol. The molecule has 0 bridgehead atoms. The summed E-state index contributed by atoms with van der Waals surface area (Å²) in [6, 6.07) is 11.7. The zero-order valence-electron chi connectivity index (χ0n) is 19.8. The summed E-state index contributed by atoms with van der Waals surface area (Å²) < 4.78 is 25.6. The Morgan fingerprint density at radius 2 is 1.72 bits per heavy atom. The molecule has 0 atom stereocenters. The number of nitrogen functional groups attached to an aromatic ring is 1. The molecule has 0 fully saturated rings. The highest BCUT2D eigenvalue weighted by atomic mass is 35.5. The zero-order valence-corrected chi connectivity index (χ0v) is 21.3. The van der Waals surface area contributed by atoms with Crippen LogP contribution in [0.15, 0.2) is 48.5 Å². The smallest absolute Gasteiger partial charge is 0.262 e. The molecule has 36 heavy (non-hydrogen) atoms. The molecule has 3 aromatic rings. The van der Waals surface area contributed by atoms with Gasteiger partial charge >= 0.3 is 0 Å². The highest BCUT2D eigenvalue weighted by Gasteiger charge is 2.20. The van der Waals surface area contributed by atoms with Crippen LogP contribution >= 0.6 is 23.2 Å². The van der Waals surface area contributed by atoms with Crippen molar-refractivity contribution in [1.82, 2.24) is 0 Å². The second kappa shape index (κ2) is 11.2. The van der Waals surface area contributed by atoms with Gasteiger partial charge in [-0.3, -0.25) is 9.59 Å². The van der Waals surface area contributed by atoms with E-state index in [1.54, 1.807) is 0 Å². The van der Waals surface area contributed by atoms with E-state index in [0.717, 1.165) is 0 Å². The molecule has 7 nitrogen and oxygen atoms in total. The summed E-state index contributed by atoms with van der Waals surface area (Å²) >= 11 is 12.1. The third kappa shape index (κ3) is 7.10. The third-order valence-corrected chi connectivity index (χ3v) is 5.39. The molecule has 0 saturated heterocycles. The third-order valence-electron chi connectivity index (χ3n) is 4.93. The first-order valence-electron chi connectivity index (χ1n) is 10.8. The van der Waals surface area contributed by atoms with Crippen molar-refractivity contribution in [3.8, 4) is 11.5 Å². The summed E-state index contributed by atoms with van der Waals surface area (Å²) in [7, 11) is 0. The molecule has 0 unspecified atom stereocenters. The first-order valence-corrected chi connectivity index (χ1v) is 11.6. The lowest BCUT2D eigenvalue weighted by molar-refractivity contribution is -0.118. The van der Waals surface area contributed by atoms with Crippen LogP contribution in [0.5, 0.6) is 11.5 Å². The van der Waals surface area contributed by atoms with Crippen LogP contribution in [0.3, 0.4) is 0 Å². The van der Waals surface area contributed by atoms with E-state index >= 15 is 0 Å². The van der Waals surface area contributed by atoms with E-state index in [0.29, 0.717) is 15.7 Å². The summed E-state index contributed by atoms with van der Waals surface area (Å²) in [5.74, 6) is -1.61. The van der Waals surface area contributed by atoms with Crippen LogP contribution in [0, 0.1) is 12.7 Å². The molecule has 0 radical (unpaired) electrons. The van der Waals surface area contributed by atoms with Crippen molar-refractivity contribution >= 4 is 46.3 Å². The molecular formula is C26H25Cl2FN2O5. The maximum absolute atomic E-state index is 14.7. The fourth-order valence-electron chi connectivity index (χ4n) is 3.20. The average Bonchev–Trinajstić information content (AvgIpc) is 2.79. The van der Waals surface area contributed by atoms with Gasteiger partial charge < -0.3 is 25.6 Å². The Morgan fingerprint density at radius 3 is 2.39 bits per heavy atom. The molecule has 0 aliphatic carbocycles. The quantitative estimate of drug-likeness (QED) is 0.249. The highest BCUT2D eigenvalue weighted by molar-refractivity contribution is 6.32. The SMILES string of the molecule is Cc1c(NC(=O)COc2ccc(Cl)cc2C(=O)c2cc(N)cc(Cl)c2)ccc(OCC(C)(C)O)c1F. The molecule has 0 heterocycles. The molecule has 4 N–H and O–H groups in total. The molecule has 190 valence electrons. The predicted molar refractivity (Wildman–Crippen MR) is 138 cm³/mol. The number of ether oxygens (including phenoxy) is 2. The number of nitrogens with one attached hydrogen (secondary N) is 1. The maximum atomic E-state index is 14.7. The molecule has 3 rings (SSSR count). The first kappa shape index (κ1) is 27.3. The van der Waals surface area contributed by atoms with Crippen molar-refractivity contribution in [2.24, 2.45) is 0 Å². The van der Waals surface area contributed by atoms with Gasteiger partial charge in [-0.25, -0.2) is 4.39 Å². The van der Waals surface area contributed by atoms with Crippen LogP contribution in [0.2, 0.25) is 10.0 Å². The number of carbonyl (C=O) groups excluding carboxylic acids is 2. The number of carbonyl (C=O) groups is 2. The summed E-state index contributed by atoms with van der Waals surface area (Å²) in [5, 5.41) is 12.9. The number of anilines is 2. The highest BCUT2D eigenvalue weighted by Crippen LogP contribution is 2.29. The Labute approximate surface area is 217 Å². The number of benzene rings is 3. The lowest BCUT2D eigenvalue weighted by Gasteiger charge is -2.19. The Bertz CT molecular complexity index is 1290. The van der Waals surface area contributed by atoms with Gasteiger partial charge in [0.25, 0.3) is 5.91 Å². The molecule has 3 aromatic carbocycles. The van der Waals surface area contributed by atoms with Crippen LogP contribution in [0.4, 0.5) is 15.8 Å². The van der Waals surface area contributed by atoms with Crippen LogP contribution in [0.25, 0.3) is 0 Å². The van der Waals surface area contributed by atoms with Gasteiger partial charge in [-0.2, -0.15) is 0 Å². The van der Waals surface area contributed by atoms with Crippen LogP contribution in [-0.4, -0.2) is 35.6 Å². The van der Waals surface area contributed by atoms with Crippen LogP contribution in [-0.2, 0) is 4.79 Å². The van der Waals surface area contributed by atoms with Crippen molar-refractivity contribution in [2.75, 3.05) is 24.3 Å². The van der Waals surface area contributed by atoms with Gasteiger partial charge in [0.2, 0.25) is 0 Å². The fourth-order valence-corrected chi connectivity index (χ4v) is 3.61. The molecule has 0 aliphatic rings. The van der Waals surface area contributed by atoms with Gasteiger partial charge in [0, 0.05) is 32.5 Å². The van der Waals surface area contributed by atoms with Crippen molar-refractivity contribution < 1.29 is 28.6 Å². The van der Waals surface area contributed by atoms with Gasteiger partial charge in [-0.15, -0.1) is 0 Å². The van der Waals surface area contributed by atoms with Gasteiger partial charge in [-0.05, 0) is 69.3 Å². The molecule has 1 amide bonds. The summed E-state index contributed by atoms with van der Waals surface area (Å²) in [6.07, 6.45) is 0. The number of aliphatic hydroxyl groups is 1. The van der Waals surface area contributed by atoms with E-state index in [9.17, 15) is 19.1 Å². The van der Waals surface area contributed by atoms with Crippen LogP contribution in [0.1, 0.15) is 35.3 Å². The minimum absolute atomic E-state index is 0.0464. The van der Waals surface area contributed by atoms with Gasteiger partial charge in [0.15, 0.2) is 24.0 Å². The topological polar surface area (TPSA) is 111 Å². The number of hydrogen-bond acceptors (Lipinski definition) is 6. The number of ketones is 1. The normalized spacial score (nSPS) is 11.2. The minimum atomic E-state index is -1.13. The van der Waals surface area contributed by atoms with E-state index in [2.05, 4.69) is 5.32 Å². The number of amides is 1. The predicted octanol–water partition coefficient (Wildman–Crippen LogP) is 5.42. The van der Waals surface area contributed by atoms with Crippen molar-refractivity contribution in [1.29, 1.82) is 0 Å². The van der Waals surface area contributed by atoms with Crippen molar-refractivity contribution in [2.45, 2.75) is 26.4 Å². The first-order chi connectivity index (χ1) is 16.8. The lowest BCUT2D eigenvalue weighted by atomic mass is 10.0. The summed E-state index contributed by atoms with van der Waals surface area (Å²) in [6.45, 7) is 3.99. The van der Waals surface area contributed by atoms with E-state index < -0.39 is 29.7 Å². The maximum Gasteiger partial charge on any atom is 0.262 e. The zero-order chi connectivity index (χ0) is 26.6. The van der Waals surface area contributed by atoms with Gasteiger partial charge in [0.05, 0.1) is 11.2 Å². The number of nitrogens with two attached hydrogens (primary N) is 1. The Kier molecular flexibility index (Phi) is 8.45. The van der Waals surface area contributed by atoms with E-state index in [1.807, 2.05) is 0 Å². The van der Waals surface area contributed by atoms with Crippen LogP contribution < -0.4 is 20.5 Å². The number of halogens is 3. The largest absolute Gasteiger partial charge is 0.488 e. The van der Waals surface area contributed by atoms with Gasteiger partial charge in [0.1, 0.15) is 12.4 Å². The second-order valence-electron chi connectivity index (χ2n) is 8.73. The number of rotatable bonds is 9. The monoisotopic (exact) mass is 534 g/mol. The number of hydrogen-bond donors (Lipinski definition) is 3. The molecule has 0 aromatic heterocycles. The summed E-state index contributed by atoms with van der Waals surface area (Å²) in [5.41, 5.74) is 5.69. The van der Waals surface area contributed by atoms with Crippen molar-refractivity contribution in [3.63, 3.8) is 0 Å². The van der Waals surface area contributed by atoms with E-state index in [4.69, 9.17) is 38.4 Å². The molecule has 0 saturated carbocycles. The molecule has 10 heteroatoms. The Hall–Kier alpha value is -3.33. The van der Waals surface area contributed by atoms with E-state index in [-0.39, 0.29) is 40.5 Å². The summed E-state index contributed by atoms with van der Waals surface area (Å²) in [4.78, 5) is 25.6.